The Balaban J connectivity index is 1.46. The molecule has 1 aromatic heterocycles. The van der Waals surface area contributed by atoms with E-state index in [9.17, 15) is 9.59 Å². The van der Waals surface area contributed by atoms with Crippen LogP contribution in [0, 0.1) is 0 Å². The smallest absolute Gasteiger partial charge is 0.250 e. The molecule has 25 heavy (non-hydrogen) atoms. The van der Waals surface area contributed by atoms with E-state index in [0.717, 1.165) is 76.3 Å². The zero-order chi connectivity index (χ0) is 17.4. The van der Waals surface area contributed by atoms with Gasteiger partial charge in [0.25, 0.3) is 5.91 Å². The van der Waals surface area contributed by atoms with E-state index < -0.39 is 0 Å². The average molecular weight is 345 g/mol. The van der Waals surface area contributed by atoms with Gasteiger partial charge >= 0.3 is 0 Å². The maximum atomic E-state index is 12.7. The minimum atomic E-state index is -0.372. The molecular weight excluding hydrogens is 318 g/mol. The largest absolute Gasteiger partial charge is 0.366 e. The highest BCUT2D eigenvalue weighted by atomic mass is 16.2. The van der Waals surface area contributed by atoms with E-state index in [-0.39, 0.29) is 17.9 Å². The summed E-state index contributed by atoms with van der Waals surface area (Å²) in [4.78, 5) is 29.1. The first-order valence-corrected chi connectivity index (χ1v) is 9.38. The van der Waals surface area contributed by atoms with E-state index in [4.69, 9.17) is 5.73 Å². The quantitative estimate of drug-likeness (QED) is 0.800. The van der Waals surface area contributed by atoms with Gasteiger partial charge in [-0.15, -0.1) is 0 Å². The zero-order valence-corrected chi connectivity index (χ0v) is 14.7. The van der Waals surface area contributed by atoms with Crippen molar-refractivity contribution in [3.63, 3.8) is 0 Å². The van der Waals surface area contributed by atoms with Crippen molar-refractivity contribution in [1.29, 1.82) is 0 Å². The normalized spacial score (nSPS) is 28.2. The van der Waals surface area contributed by atoms with Gasteiger partial charge in [0.2, 0.25) is 5.91 Å². The first-order valence-electron chi connectivity index (χ1n) is 9.38. The molecule has 3 unspecified atom stereocenters. The SMILES string of the molecule is NC(=O)c1cc(CNC(=O)C2CN3CCCN2CC3)n2c1CCCC2. The molecule has 3 atom stereocenters. The molecule has 7 heteroatoms. The van der Waals surface area contributed by atoms with Crippen LogP contribution in [0.4, 0.5) is 0 Å². The van der Waals surface area contributed by atoms with Crippen LogP contribution in [0.15, 0.2) is 6.07 Å². The molecule has 2 bridgehead atoms. The van der Waals surface area contributed by atoms with Crippen molar-refractivity contribution in [1.82, 2.24) is 19.7 Å². The number of hydrogen-bond donors (Lipinski definition) is 2. The summed E-state index contributed by atoms with van der Waals surface area (Å²) in [6, 6.07) is 1.81. The summed E-state index contributed by atoms with van der Waals surface area (Å²) in [6.07, 6.45) is 4.21. The molecule has 5 heterocycles. The molecule has 5 rings (SSSR count). The highest BCUT2D eigenvalue weighted by molar-refractivity contribution is 5.94. The van der Waals surface area contributed by atoms with E-state index in [1.807, 2.05) is 6.07 Å². The molecule has 1 aromatic rings. The number of aromatic nitrogens is 1. The molecule has 4 aliphatic heterocycles. The Bertz CT molecular complexity index is 679. The van der Waals surface area contributed by atoms with Crippen molar-refractivity contribution in [3.8, 4) is 0 Å². The maximum absolute atomic E-state index is 12.7. The van der Waals surface area contributed by atoms with Crippen LogP contribution in [0.25, 0.3) is 0 Å². The number of primary amides is 1. The topological polar surface area (TPSA) is 83.6 Å². The summed E-state index contributed by atoms with van der Waals surface area (Å²) in [6.45, 7) is 6.32. The van der Waals surface area contributed by atoms with Crippen LogP contribution in [0.1, 0.15) is 41.0 Å². The third kappa shape index (κ3) is 3.18. The number of nitrogens with one attached hydrogen (secondary N) is 1. The number of carbonyl (C=O) groups excluding carboxylic acids is 2. The number of hydrogen-bond acceptors (Lipinski definition) is 4. The number of fused-ring (bicyclic) bond motifs is 5. The predicted molar refractivity (Wildman–Crippen MR) is 94.2 cm³/mol. The first kappa shape index (κ1) is 16.6. The highest BCUT2D eigenvalue weighted by Crippen LogP contribution is 2.24. The summed E-state index contributed by atoms with van der Waals surface area (Å²) in [5.74, 6) is -0.276. The molecule has 3 saturated heterocycles. The van der Waals surface area contributed by atoms with Gasteiger partial charge in [-0.3, -0.25) is 19.4 Å². The molecular formula is C18H27N5O2. The van der Waals surface area contributed by atoms with Crippen LogP contribution in [0.5, 0.6) is 0 Å². The Morgan fingerprint density at radius 1 is 1.12 bits per heavy atom. The van der Waals surface area contributed by atoms with E-state index >= 15 is 0 Å². The number of nitrogens with zero attached hydrogens (tertiary/aromatic N) is 3. The third-order valence-electron chi connectivity index (χ3n) is 5.85. The number of rotatable bonds is 4. The lowest BCUT2D eigenvalue weighted by molar-refractivity contribution is -0.128. The lowest BCUT2D eigenvalue weighted by Gasteiger charge is -2.36. The van der Waals surface area contributed by atoms with Gasteiger partial charge < -0.3 is 15.6 Å². The van der Waals surface area contributed by atoms with Gasteiger partial charge in [-0.25, -0.2) is 0 Å². The second-order valence-corrected chi connectivity index (χ2v) is 7.39. The molecule has 3 fully saturated rings. The van der Waals surface area contributed by atoms with Crippen LogP contribution in [0.3, 0.4) is 0 Å². The van der Waals surface area contributed by atoms with E-state index in [1.54, 1.807) is 0 Å². The van der Waals surface area contributed by atoms with E-state index in [2.05, 4.69) is 19.7 Å². The number of amides is 2. The standard InChI is InChI=1S/C18H27N5O2/c19-17(24)14-10-13(23-7-2-1-4-15(14)23)11-20-18(25)16-12-21-5-3-6-22(16)9-8-21/h10,16H,1-9,11-12H2,(H2,19,24)(H,20,25). The molecule has 0 aromatic carbocycles. The van der Waals surface area contributed by atoms with Crippen LogP contribution in [-0.4, -0.2) is 64.9 Å². The van der Waals surface area contributed by atoms with E-state index in [0.29, 0.717) is 12.1 Å². The van der Waals surface area contributed by atoms with Crippen molar-refractivity contribution >= 4 is 11.8 Å². The summed E-state index contributed by atoms with van der Waals surface area (Å²) < 4.78 is 2.17. The Hall–Kier alpha value is -1.86. The predicted octanol–water partition coefficient (Wildman–Crippen LogP) is -0.0706. The van der Waals surface area contributed by atoms with Crippen LogP contribution in [0.2, 0.25) is 0 Å². The average Bonchev–Trinajstić information content (AvgIpc) is 2.76. The molecule has 3 N–H and O–H groups in total. The fourth-order valence-electron chi connectivity index (χ4n) is 4.51. The molecule has 2 amide bonds. The van der Waals surface area contributed by atoms with Gasteiger partial charge in [-0.2, -0.15) is 0 Å². The van der Waals surface area contributed by atoms with Crippen LogP contribution >= 0.6 is 0 Å². The highest BCUT2D eigenvalue weighted by Gasteiger charge is 2.34. The molecule has 0 aliphatic carbocycles. The summed E-state index contributed by atoms with van der Waals surface area (Å²) in [7, 11) is 0. The van der Waals surface area contributed by atoms with Gasteiger partial charge in [-0.1, -0.05) is 0 Å². The number of piperazine rings is 1. The number of nitrogens with two attached hydrogens (primary N) is 1. The Kier molecular flexibility index (Phi) is 4.52. The maximum Gasteiger partial charge on any atom is 0.250 e. The number of carbonyl (C=O) groups is 2. The van der Waals surface area contributed by atoms with Crippen molar-refractivity contribution in [2.75, 3.05) is 32.7 Å². The van der Waals surface area contributed by atoms with Crippen molar-refractivity contribution in [2.24, 2.45) is 5.73 Å². The molecule has 4 aliphatic rings. The lowest BCUT2D eigenvalue weighted by Crippen LogP contribution is -2.56. The minimum Gasteiger partial charge on any atom is -0.366 e. The molecule has 0 radical (unpaired) electrons. The van der Waals surface area contributed by atoms with Crippen molar-refractivity contribution in [3.05, 3.63) is 23.0 Å². The summed E-state index contributed by atoms with van der Waals surface area (Å²) in [5.41, 5.74) is 8.17. The molecule has 7 nitrogen and oxygen atoms in total. The van der Waals surface area contributed by atoms with E-state index in [1.165, 1.54) is 0 Å². The summed E-state index contributed by atoms with van der Waals surface area (Å²) >= 11 is 0. The summed E-state index contributed by atoms with van der Waals surface area (Å²) in [5, 5.41) is 3.10. The van der Waals surface area contributed by atoms with Gasteiger partial charge in [0.05, 0.1) is 12.1 Å². The second kappa shape index (κ2) is 6.80. The Morgan fingerprint density at radius 2 is 2.00 bits per heavy atom. The fraction of sp³-hybridized carbons (Fsp3) is 0.667. The van der Waals surface area contributed by atoms with Gasteiger partial charge in [0.15, 0.2) is 0 Å². The molecule has 0 spiro atoms. The second-order valence-electron chi connectivity index (χ2n) is 7.39. The van der Waals surface area contributed by atoms with Crippen LogP contribution in [-0.2, 0) is 24.3 Å². The van der Waals surface area contributed by atoms with Gasteiger partial charge in [-0.05, 0) is 38.3 Å². The van der Waals surface area contributed by atoms with Gasteiger partial charge in [0.1, 0.15) is 6.04 Å². The van der Waals surface area contributed by atoms with Gasteiger partial charge in [0, 0.05) is 44.1 Å². The molecule has 0 saturated carbocycles. The first-order chi connectivity index (χ1) is 12.1. The molecule has 136 valence electrons. The van der Waals surface area contributed by atoms with Crippen LogP contribution < -0.4 is 11.1 Å². The Morgan fingerprint density at radius 3 is 2.84 bits per heavy atom. The minimum absolute atomic E-state index is 0.0531. The zero-order valence-electron chi connectivity index (χ0n) is 14.7. The lowest BCUT2D eigenvalue weighted by atomic mass is 10.1. The Labute approximate surface area is 148 Å². The van der Waals surface area contributed by atoms with Crippen molar-refractivity contribution < 1.29 is 9.59 Å². The fourth-order valence-corrected chi connectivity index (χ4v) is 4.51. The van der Waals surface area contributed by atoms with Crippen molar-refractivity contribution in [2.45, 2.75) is 44.8 Å². The monoisotopic (exact) mass is 345 g/mol. The third-order valence-corrected chi connectivity index (χ3v) is 5.85.